The smallest absolute Gasteiger partial charge is 0.120 e. The highest BCUT2D eigenvalue weighted by Crippen LogP contribution is 2.20. The van der Waals surface area contributed by atoms with Gasteiger partial charge in [0, 0.05) is 17.7 Å². The van der Waals surface area contributed by atoms with Gasteiger partial charge in [-0.1, -0.05) is 6.08 Å². The van der Waals surface area contributed by atoms with Crippen LogP contribution in [-0.4, -0.2) is 44.1 Å². The fraction of sp³-hybridized carbons (Fsp3) is 0.846. The lowest BCUT2D eigenvalue weighted by Gasteiger charge is -2.26. The van der Waals surface area contributed by atoms with Gasteiger partial charge in [-0.15, -0.1) is 0 Å². The second-order valence-electron chi connectivity index (χ2n) is 5.46. The molecule has 0 amide bonds. The van der Waals surface area contributed by atoms with Crippen LogP contribution in [0.15, 0.2) is 11.0 Å². The SMILES string of the molecule is CC[N+]1(C)CCCC1.O=S(=O)([O-])C1=CCCCC1. The van der Waals surface area contributed by atoms with E-state index in [2.05, 4.69) is 14.0 Å². The van der Waals surface area contributed by atoms with Gasteiger partial charge in [0.1, 0.15) is 10.1 Å². The van der Waals surface area contributed by atoms with Crippen LogP contribution >= 0.6 is 0 Å². The van der Waals surface area contributed by atoms with Crippen molar-refractivity contribution in [2.75, 3.05) is 26.7 Å². The lowest BCUT2D eigenvalue weighted by atomic mass is 10.1. The largest absolute Gasteiger partial charge is 0.744 e. The summed E-state index contributed by atoms with van der Waals surface area (Å²) in [5.41, 5.74) is 0. The van der Waals surface area contributed by atoms with E-state index in [9.17, 15) is 13.0 Å². The van der Waals surface area contributed by atoms with Gasteiger partial charge in [-0.2, -0.15) is 0 Å². The Bertz CT molecular complexity index is 381. The predicted octanol–water partition coefficient (Wildman–Crippen LogP) is 2.24. The minimum atomic E-state index is -4.11. The summed E-state index contributed by atoms with van der Waals surface area (Å²) in [5, 5.41) is 0. The van der Waals surface area contributed by atoms with Crippen LogP contribution in [0.1, 0.15) is 45.4 Å². The lowest BCUT2D eigenvalue weighted by Crippen LogP contribution is -2.40. The summed E-state index contributed by atoms with van der Waals surface area (Å²) in [4.78, 5) is 0.0822. The fourth-order valence-corrected chi connectivity index (χ4v) is 3.17. The predicted molar refractivity (Wildman–Crippen MR) is 71.9 cm³/mol. The second kappa shape index (κ2) is 6.68. The molecule has 0 aromatic rings. The van der Waals surface area contributed by atoms with Crippen LogP contribution < -0.4 is 0 Å². The van der Waals surface area contributed by atoms with E-state index in [1.165, 1.54) is 43.0 Å². The maximum absolute atomic E-state index is 10.4. The molecule has 0 bridgehead atoms. The number of allylic oxidation sites excluding steroid dienone is 2. The van der Waals surface area contributed by atoms with Crippen molar-refractivity contribution in [3.8, 4) is 0 Å². The van der Waals surface area contributed by atoms with Gasteiger partial charge < -0.3 is 9.04 Å². The van der Waals surface area contributed by atoms with Crippen LogP contribution in [0.4, 0.5) is 0 Å². The second-order valence-corrected chi connectivity index (χ2v) is 6.89. The first kappa shape index (κ1) is 15.7. The molecule has 1 aliphatic carbocycles. The first-order valence-electron chi connectivity index (χ1n) is 6.86. The summed E-state index contributed by atoms with van der Waals surface area (Å²) in [5.74, 6) is 0. The van der Waals surface area contributed by atoms with E-state index in [1.54, 1.807) is 0 Å². The molecule has 1 aliphatic heterocycles. The average Bonchev–Trinajstić information content (AvgIpc) is 2.78. The van der Waals surface area contributed by atoms with Crippen LogP contribution in [0, 0.1) is 0 Å². The van der Waals surface area contributed by atoms with Crippen molar-refractivity contribution in [1.82, 2.24) is 0 Å². The molecule has 1 saturated heterocycles. The highest BCUT2D eigenvalue weighted by atomic mass is 32.2. The van der Waals surface area contributed by atoms with Gasteiger partial charge in [0.05, 0.1) is 26.7 Å². The lowest BCUT2D eigenvalue weighted by molar-refractivity contribution is -0.895. The Labute approximate surface area is 111 Å². The highest BCUT2D eigenvalue weighted by molar-refractivity contribution is 7.89. The summed E-state index contributed by atoms with van der Waals surface area (Å²) in [6, 6.07) is 0. The Morgan fingerprint density at radius 1 is 1.22 bits per heavy atom. The van der Waals surface area contributed by atoms with Crippen molar-refractivity contribution in [2.45, 2.75) is 45.4 Å². The van der Waals surface area contributed by atoms with Crippen molar-refractivity contribution in [3.05, 3.63) is 11.0 Å². The summed E-state index contributed by atoms with van der Waals surface area (Å²) >= 11 is 0. The quantitative estimate of drug-likeness (QED) is 0.573. The molecule has 106 valence electrons. The molecule has 0 saturated carbocycles. The Morgan fingerprint density at radius 2 is 1.83 bits per heavy atom. The molecule has 4 nitrogen and oxygen atoms in total. The summed E-state index contributed by atoms with van der Waals surface area (Å²) in [7, 11) is -1.76. The van der Waals surface area contributed by atoms with Crippen molar-refractivity contribution in [1.29, 1.82) is 0 Å². The van der Waals surface area contributed by atoms with Crippen LogP contribution in [0.5, 0.6) is 0 Å². The van der Waals surface area contributed by atoms with Crippen LogP contribution in [-0.2, 0) is 10.1 Å². The van der Waals surface area contributed by atoms with Gasteiger partial charge in [0.25, 0.3) is 0 Å². The van der Waals surface area contributed by atoms with E-state index in [4.69, 9.17) is 0 Å². The van der Waals surface area contributed by atoms with E-state index in [-0.39, 0.29) is 4.91 Å². The van der Waals surface area contributed by atoms with E-state index in [1.807, 2.05) is 0 Å². The fourth-order valence-electron chi connectivity index (χ4n) is 2.45. The number of hydrogen-bond acceptors (Lipinski definition) is 3. The third kappa shape index (κ3) is 5.08. The van der Waals surface area contributed by atoms with Gasteiger partial charge >= 0.3 is 0 Å². The monoisotopic (exact) mass is 275 g/mol. The van der Waals surface area contributed by atoms with Gasteiger partial charge in [0.15, 0.2) is 0 Å². The molecule has 5 heteroatoms. The highest BCUT2D eigenvalue weighted by Gasteiger charge is 2.23. The number of rotatable bonds is 2. The number of nitrogens with zero attached hydrogens (tertiary/aromatic N) is 1. The zero-order valence-corrected chi connectivity index (χ0v) is 12.3. The van der Waals surface area contributed by atoms with Crippen molar-refractivity contribution in [2.24, 2.45) is 0 Å². The molecule has 0 N–H and O–H groups in total. The number of likely N-dealkylation sites (tertiary alicyclic amines) is 1. The van der Waals surface area contributed by atoms with Crippen molar-refractivity contribution >= 4 is 10.1 Å². The molecule has 1 heterocycles. The number of quaternary nitrogens is 1. The zero-order chi connectivity index (χ0) is 13.6. The molecule has 0 spiro atoms. The van der Waals surface area contributed by atoms with Gasteiger partial charge in [0.2, 0.25) is 0 Å². The van der Waals surface area contributed by atoms with E-state index < -0.39 is 10.1 Å². The van der Waals surface area contributed by atoms with Crippen molar-refractivity contribution in [3.63, 3.8) is 0 Å². The zero-order valence-electron chi connectivity index (χ0n) is 11.5. The van der Waals surface area contributed by atoms with E-state index >= 15 is 0 Å². The summed E-state index contributed by atoms with van der Waals surface area (Å²) in [6.45, 7) is 6.43. The Kier molecular flexibility index (Phi) is 5.82. The normalized spacial score (nSPS) is 22.9. The molecule has 0 aromatic heterocycles. The summed E-state index contributed by atoms with van der Waals surface area (Å²) in [6.07, 6.45) is 7.43. The first-order valence-corrected chi connectivity index (χ1v) is 8.27. The maximum atomic E-state index is 10.4. The molecule has 2 rings (SSSR count). The minimum absolute atomic E-state index is 0.0822. The molecule has 2 aliphatic rings. The van der Waals surface area contributed by atoms with E-state index in [0.29, 0.717) is 6.42 Å². The van der Waals surface area contributed by atoms with Gasteiger partial charge in [-0.3, -0.25) is 0 Å². The Hall–Kier alpha value is -0.390. The summed E-state index contributed by atoms with van der Waals surface area (Å²) < 4.78 is 32.4. The van der Waals surface area contributed by atoms with Gasteiger partial charge in [-0.05, 0) is 32.6 Å². The topological polar surface area (TPSA) is 57.2 Å². The third-order valence-electron chi connectivity index (χ3n) is 3.98. The Morgan fingerprint density at radius 3 is 2.11 bits per heavy atom. The van der Waals surface area contributed by atoms with E-state index in [0.717, 1.165) is 19.3 Å². The molecule has 0 unspecified atom stereocenters. The van der Waals surface area contributed by atoms with Crippen LogP contribution in [0.3, 0.4) is 0 Å². The first-order chi connectivity index (χ1) is 8.37. The standard InChI is InChI=1S/C7H16N.C6H10O3S/c1-3-8(2)6-4-5-7-8;7-10(8,9)6-4-2-1-3-5-6/h3-7H2,1-2H3;4H,1-3,5H2,(H,7,8,9)/q+1;/p-1. The Balaban J connectivity index is 0.000000184. The molecule has 1 fully saturated rings. The average molecular weight is 275 g/mol. The molecule has 0 aromatic carbocycles. The van der Waals surface area contributed by atoms with Crippen LogP contribution in [0.25, 0.3) is 0 Å². The number of hydrogen-bond donors (Lipinski definition) is 0. The third-order valence-corrected chi connectivity index (χ3v) is 4.99. The molecule has 0 atom stereocenters. The molecule has 18 heavy (non-hydrogen) atoms. The van der Waals surface area contributed by atoms with Gasteiger partial charge in [-0.25, -0.2) is 8.42 Å². The van der Waals surface area contributed by atoms with Crippen LogP contribution in [0.2, 0.25) is 0 Å². The molecular weight excluding hydrogens is 250 g/mol. The molecular formula is C13H25NO3S. The minimum Gasteiger partial charge on any atom is -0.744 e. The molecule has 0 radical (unpaired) electrons. The maximum Gasteiger partial charge on any atom is 0.120 e. The van der Waals surface area contributed by atoms with Crippen molar-refractivity contribution < 1.29 is 17.5 Å².